The van der Waals surface area contributed by atoms with Crippen molar-refractivity contribution in [1.29, 1.82) is 0 Å². The van der Waals surface area contributed by atoms with Gasteiger partial charge in [-0.25, -0.2) is 0 Å². The van der Waals surface area contributed by atoms with Crippen LogP contribution in [0.3, 0.4) is 0 Å². The second kappa shape index (κ2) is 12.9. The number of fused-ring (bicyclic) bond motifs is 7. The Hall–Kier alpha value is -6.94. The van der Waals surface area contributed by atoms with Gasteiger partial charge in [-0.05, 0) is 123 Å². The Kier molecular flexibility index (Phi) is 7.39. The van der Waals surface area contributed by atoms with Gasteiger partial charge < -0.3 is 9.32 Å². The summed E-state index contributed by atoms with van der Waals surface area (Å²) in [6.07, 6.45) is 0. The van der Waals surface area contributed by atoms with E-state index < -0.39 is 0 Å². The number of rotatable bonds is 6. The number of anilines is 3. The number of hydrogen-bond acceptors (Lipinski definition) is 3. The van der Waals surface area contributed by atoms with Crippen molar-refractivity contribution in [1.82, 2.24) is 0 Å². The smallest absolute Gasteiger partial charge is 0.135 e. The molecule has 0 spiro atoms. The van der Waals surface area contributed by atoms with E-state index in [0.717, 1.165) is 39.0 Å². The maximum atomic E-state index is 6.14. The molecule has 55 heavy (non-hydrogen) atoms. The van der Waals surface area contributed by atoms with E-state index in [4.69, 9.17) is 4.42 Å². The highest BCUT2D eigenvalue weighted by atomic mass is 32.1. The first-order chi connectivity index (χ1) is 27.2. The zero-order valence-electron chi connectivity index (χ0n) is 29.8. The average molecular weight is 720 g/mol. The molecule has 2 nitrogen and oxygen atoms in total. The van der Waals surface area contributed by atoms with E-state index in [2.05, 4.69) is 193 Å². The van der Waals surface area contributed by atoms with Gasteiger partial charge in [0.1, 0.15) is 11.2 Å². The average Bonchev–Trinajstić information content (AvgIpc) is 3.82. The van der Waals surface area contributed by atoms with Crippen molar-refractivity contribution < 1.29 is 4.42 Å². The Morgan fingerprint density at radius 1 is 0.309 bits per heavy atom. The van der Waals surface area contributed by atoms with Crippen LogP contribution in [-0.4, -0.2) is 0 Å². The van der Waals surface area contributed by atoms with E-state index in [1.54, 1.807) is 0 Å². The zero-order chi connectivity index (χ0) is 36.3. The fourth-order valence-electron chi connectivity index (χ4n) is 8.05. The maximum Gasteiger partial charge on any atom is 0.135 e. The summed E-state index contributed by atoms with van der Waals surface area (Å²) in [5, 5.41) is 7.24. The van der Waals surface area contributed by atoms with Gasteiger partial charge in [0.2, 0.25) is 0 Å². The molecular formula is C52H33NOS. The van der Waals surface area contributed by atoms with Gasteiger partial charge in [0.25, 0.3) is 0 Å². The van der Waals surface area contributed by atoms with Crippen LogP contribution < -0.4 is 4.90 Å². The molecule has 3 heteroatoms. The molecule has 11 rings (SSSR count). The Morgan fingerprint density at radius 3 is 1.60 bits per heavy atom. The monoisotopic (exact) mass is 719 g/mol. The maximum absolute atomic E-state index is 6.14. The lowest BCUT2D eigenvalue weighted by atomic mass is 10.00. The van der Waals surface area contributed by atoms with Crippen molar-refractivity contribution in [3.63, 3.8) is 0 Å². The molecule has 0 aliphatic carbocycles. The van der Waals surface area contributed by atoms with Gasteiger partial charge >= 0.3 is 0 Å². The van der Waals surface area contributed by atoms with Crippen LogP contribution in [0.25, 0.3) is 86.3 Å². The quantitative estimate of drug-likeness (QED) is 0.170. The molecule has 2 heterocycles. The molecule has 0 N–H and O–H groups in total. The predicted molar refractivity (Wildman–Crippen MR) is 235 cm³/mol. The highest BCUT2D eigenvalue weighted by Gasteiger charge is 2.17. The van der Waals surface area contributed by atoms with Gasteiger partial charge in [0, 0.05) is 48.0 Å². The summed E-state index contributed by atoms with van der Waals surface area (Å²) < 4.78 is 8.70. The standard InChI is InChI=1S/C52H33NOS/c1-3-9-34(10-4-1)36-17-22-42(23-18-36)53(43-24-19-38-29-37(15-16-39(38)30-43)35-11-5-2-6-12-35)44-25-28-52-48(33-44)47-32-41(21-27-51(47)55-52)40-20-26-50-46(31-40)45-13-7-8-14-49(45)54-50/h1-33H. The van der Waals surface area contributed by atoms with E-state index >= 15 is 0 Å². The van der Waals surface area contributed by atoms with Crippen LogP contribution in [0, 0.1) is 0 Å². The molecule has 2 aromatic heterocycles. The zero-order valence-corrected chi connectivity index (χ0v) is 30.6. The highest BCUT2D eigenvalue weighted by molar-refractivity contribution is 7.25. The van der Waals surface area contributed by atoms with Crippen LogP contribution in [0.2, 0.25) is 0 Å². The lowest BCUT2D eigenvalue weighted by Gasteiger charge is -2.26. The van der Waals surface area contributed by atoms with Crippen molar-refractivity contribution in [2.45, 2.75) is 0 Å². The van der Waals surface area contributed by atoms with Gasteiger partial charge in [-0.3, -0.25) is 0 Å². The summed E-state index contributed by atoms with van der Waals surface area (Å²) in [7, 11) is 0. The van der Waals surface area contributed by atoms with Gasteiger partial charge in [-0.1, -0.05) is 121 Å². The summed E-state index contributed by atoms with van der Waals surface area (Å²) in [4.78, 5) is 2.39. The molecule has 0 amide bonds. The number of para-hydroxylation sites is 1. The fourth-order valence-corrected chi connectivity index (χ4v) is 9.12. The molecule has 0 atom stereocenters. The van der Waals surface area contributed by atoms with E-state index in [0.29, 0.717) is 0 Å². The van der Waals surface area contributed by atoms with Crippen LogP contribution in [0.15, 0.2) is 205 Å². The van der Waals surface area contributed by atoms with Gasteiger partial charge in [-0.2, -0.15) is 0 Å². The largest absolute Gasteiger partial charge is 0.456 e. The van der Waals surface area contributed by atoms with E-state index in [1.165, 1.54) is 64.3 Å². The molecule has 0 aliphatic heterocycles. The molecule has 0 aliphatic rings. The van der Waals surface area contributed by atoms with Gasteiger partial charge in [-0.15, -0.1) is 11.3 Å². The third-order valence-electron chi connectivity index (χ3n) is 10.8. The molecule has 0 radical (unpaired) electrons. The van der Waals surface area contributed by atoms with Crippen molar-refractivity contribution in [3.05, 3.63) is 200 Å². The van der Waals surface area contributed by atoms with E-state index in [9.17, 15) is 0 Å². The summed E-state index contributed by atoms with van der Waals surface area (Å²) in [6.45, 7) is 0. The predicted octanol–water partition coefficient (Wildman–Crippen LogP) is 15.6. The third-order valence-corrected chi connectivity index (χ3v) is 12.0. The molecule has 9 aromatic carbocycles. The van der Waals surface area contributed by atoms with Gasteiger partial charge in [0.15, 0.2) is 0 Å². The molecular weight excluding hydrogens is 687 g/mol. The summed E-state index contributed by atoms with van der Waals surface area (Å²) >= 11 is 1.85. The third kappa shape index (κ3) is 5.56. The van der Waals surface area contributed by atoms with Crippen LogP contribution in [-0.2, 0) is 0 Å². The minimum absolute atomic E-state index is 0.916. The van der Waals surface area contributed by atoms with Crippen molar-refractivity contribution in [2.24, 2.45) is 0 Å². The second-order valence-electron chi connectivity index (χ2n) is 14.2. The number of thiophene rings is 1. The first-order valence-corrected chi connectivity index (χ1v) is 19.5. The van der Waals surface area contributed by atoms with Crippen molar-refractivity contribution in [2.75, 3.05) is 4.90 Å². The summed E-state index contributed by atoms with van der Waals surface area (Å²) in [5.41, 5.74) is 12.4. The molecule has 0 saturated carbocycles. The number of hydrogen-bond donors (Lipinski definition) is 0. The normalized spacial score (nSPS) is 11.6. The van der Waals surface area contributed by atoms with Crippen molar-refractivity contribution in [3.8, 4) is 33.4 Å². The number of benzene rings is 9. The lowest BCUT2D eigenvalue weighted by Crippen LogP contribution is -2.09. The summed E-state index contributed by atoms with van der Waals surface area (Å²) in [5.74, 6) is 0. The minimum Gasteiger partial charge on any atom is -0.456 e. The van der Waals surface area contributed by atoms with E-state index in [-0.39, 0.29) is 0 Å². The molecule has 258 valence electrons. The number of nitrogens with zero attached hydrogens (tertiary/aromatic N) is 1. The Labute approximate surface area is 322 Å². The molecule has 0 fully saturated rings. The van der Waals surface area contributed by atoms with Crippen LogP contribution in [0.4, 0.5) is 17.1 Å². The highest BCUT2D eigenvalue weighted by Crippen LogP contribution is 2.43. The van der Waals surface area contributed by atoms with Crippen molar-refractivity contribution >= 4 is 81.3 Å². The molecule has 11 aromatic rings. The molecule has 0 bridgehead atoms. The number of furan rings is 1. The first-order valence-electron chi connectivity index (χ1n) is 18.6. The lowest BCUT2D eigenvalue weighted by molar-refractivity contribution is 0.669. The molecule has 0 unspecified atom stereocenters. The minimum atomic E-state index is 0.916. The van der Waals surface area contributed by atoms with Crippen LogP contribution in [0.5, 0.6) is 0 Å². The Balaban J connectivity index is 1.04. The topological polar surface area (TPSA) is 16.4 Å². The first kappa shape index (κ1) is 31.6. The van der Waals surface area contributed by atoms with Crippen LogP contribution >= 0.6 is 11.3 Å². The Bertz CT molecular complexity index is 3190. The van der Waals surface area contributed by atoms with Crippen LogP contribution in [0.1, 0.15) is 0 Å². The van der Waals surface area contributed by atoms with Gasteiger partial charge in [0.05, 0.1) is 0 Å². The SMILES string of the molecule is c1ccc(-c2ccc(N(c3ccc4cc(-c5ccccc5)ccc4c3)c3ccc4sc5ccc(-c6ccc7oc8ccccc8c7c6)cc5c4c3)cc2)cc1. The fraction of sp³-hybridized carbons (Fsp3) is 0. The Morgan fingerprint density at radius 2 is 0.800 bits per heavy atom. The summed E-state index contributed by atoms with van der Waals surface area (Å²) in [6, 6.07) is 72.4. The molecule has 0 saturated heterocycles. The second-order valence-corrected chi connectivity index (χ2v) is 15.2. The van der Waals surface area contributed by atoms with E-state index in [1.807, 2.05) is 23.5 Å².